The van der Waals surface area contributed by atoms with Crippen LogP contribution in [-0.2, 0) is 4.79 Å². The molecule has 8 nitrogen and oxygen atoms in total. The van der Waals surface area contributed by atoms with Crippen LogP contribution in [0.4, 0.5) is 17.1 Å². The van der Waals surface area contributed by atoms with Crippen LogP contribution in [0.5, 0.6) is 5.75 Å². The van der Waals surface area contributed by atoms with Crippen molar-refractivity contribution < 1.29 is 14.5 Å². The summed E-state index contributed by atoms with van der Waals surface area (Å²) < 4.78 is 6.87. The first kappa shape index (κ1) is 22.4. The third kappa shape index (κ3) is 5.93. The molecule has 0 aliphatic heterocycles. The molecule has 0 saturated heterocycles. The van der Waals surface area contributed by atoms with Crippen LogP contribution in [0.1, 0.15) is 5.56 Å². The number of hydrogen-bond donors (Lipinski definition) is 1. The molecule has 1 aromatic heterocycles. The lowest BCUT2D eigenvalue weighted by molar-refractivity contribution is -0.384. The molecular weight excluding hydrogens is 460 g/mol. The minimum absolute atomic E-state index is 0.0425. The average Bonchev–Trinajstić information content (AvgIpc) is 3.24. The molecule has 0 bridgehead atoms. The Kier molecular flexibility index (Phi) is 6.96. The van der Waals surface area contributed by atoms with E-state index >= 15 is 0 Å². The van der Waals surface area contributed by atoms with Gasteiger partial charge in [0.1, 0.15) is 5.75 Å². The molecule has 0 aliphatic rings. The molecule has 33 heavy (non-hydrogen) atoms. The number of carbonyl (C=O) groups excluding carboxylic acids is 1. The number of nitrogens with one attached hydrogen (secondary N) is 1. The smallest absolute Gasteiger partial charge is 0.269 e. The lowest BCUT2D eigenvalue weighted by Crippen LogP contribution is -2.13. The first-order chi connectivity index (χ1) is 16.0. The average molecular weight is 479 g/mol. The SMILES string of the molecule is COc1ccc(NC(=O)CSc2nc3ccc(N=Cc4ccc([N+](=O)[O-])cc4)cc3s2)cc1. The number of benzene rings is 3. The number of aromatic nitrogens is 1. The van der Waals surface area contributed by atoms with Crippen LogP contribution in [0.2, 0.25) is 0 Å². The predicted molar refractivity (Wildman–Crippen MR) is 132 cm³/mol. The summed E-state index contributed by atoms with van der Waals surface area (Å²) in [5.41, 5.74) is 3.11. The number of rotatable bonds is 8. The Morgan fingerprint density at radius 2 is 1.94 bits per heavy atom. The number of thiazole rings is 1. The summed E-state index contributed by atoms with van der Waals surface area (Å²) in [6.07, 6.45) is 1.66. The molecule has 166 valence electrons. The highest BCUT2D eigenvalue weighted by Crippen LogP contribution is 2.32. The van der Waals surface area contributed by atoms with E-state index in [2.05, 4.69) is 15.3 Å². The number of nitro benzene ring substituents is 1. The van der Waals surface area contributed by atoms with E-state index in [4.69, 9.17) is 4.74 Å². The largest absolute Gasteiger partial charge is 0.497 e. The van der Waals surface area contributed by atoms with Gasteiger partial charge in [-0.2, -0.15) is 0 Å². The van der Waals surface area contributed by atoms with Crippen LogP contribution in [0.25, 0.3) is 10.2 Å². The maximum atomic E-state index is 12.2. The maximum Gasteiger partial charge on any atom is 0.269 e. The monoisotopic (exact) mass is 478 g/mol. The number of nitrogens with zero attached hydrogens (tertiary/aromatic N) is 3. The highest BCUT2D eigenvalue weighted by atomic mass is 32.2. The van der Waals surface area contributed by atoms with Crippen molar-refractivity contribution in [1.82, 2.24) is 4.98 Å². The van der Waals surface area contributed by atoms with E-state index in [1.165, 1.54) is 35.2 Å². The van der Waals surface area contributed by atoms with Gasteiger partial charge in [-0.15, -0.1) is 11.3 Å². The first-order valence-electron chi connectivity index (χ1n) is 9.76. The van der Waals surface area contributed by atoms with Crippen molar-refractivity contribution in [3.63, 3.8) is 0 Å². The standard InChI is InChI=1S/C23H18N4O4S2/c1-31-19-9-4-16(5-10-19)25-22(28)14-32-23-26-20-11-6-17(12-21(20)33-23)24-13-15-2-7-18(8-3-15)27(29)30/h2-13H,14H2,1H3,(H,25,28). The fourth-order valence-electron chi connectivity index (χ4n) is 2.86. The second kappa shape index (κ2) is 10.2. The second-order valence-electron chi connectivity index (χ2n) is 6.80. The Bertz CT molecular complexity index is 1320. The minimum Gasteiger partial charge on any atom is -0.497 e. The van der Waals surface area contributed by atoms with Crippen LogP contribution in [0.3, 0.4) is 0 Å². The van der Waals surface area contributed by atoms with Gasteiger partial charge in [0.25, 0.3) is 5.69 Å². The zero-order valence-electron chi connectivity index (χ0n) is 17.4. The van der Waals surface area contributed by atoms with Crippen LogP contribution in [0.15, 0.2) is 76.1 Å². The summed E-state index contributed by atoms with van der Waals surface area (Å²) in [5.74, 6) is 0.864. The number of methoxy groups -OCH3 is 1. The van der Waals surface area contributed by atoms with E-state index in [9.17, 15) is 14.9 Å². The van der Waals surface area contributed by atoms with Crippen LogP contribution in [0, 0.1) is 10.1 Å². The number of nitro groups is 1. The normalized spacial score (nSPS) is 11.1. The number of amides is 1. The lowest BCUT2D eigenvalue weighted by atomic mass is 10.2. The summed E-state index contributed by atoms with van der Waals surface area (Å²) >= 11 is 2.88. The quantitative estimate of drug-likeness (QED) is 0.151. The predicted octanol–water partition coefficient (Wildman–Crippen LogP) is 5.69. The Morgan fingerprint density at radius 3 is 2.64 bits per heavy atom. The number of thioether (sulfide) groups is 1. The Balaban J connectivity index is 1.37. The lowest BCUT2D eigenvalue weighted by Gasteiger charge is -2.05. The Labute approximate surface area is 197 Å². The van der Waals surface area contributed by atoms with Crippen molar-refractivity contribution in [3.8, 4) is 5.75 Å². The second-order valence-corrected chi connectivity index (χ2v) is 9.06. The minimum atomic E-state index is -0.434. The van der Waals surface area contributed by atoms with Gasteiger partial charge in [-0.3, -0.25) is 19.9 Å². The summed E-state index contributed by atoms with van der Waals surface area (Å²) in [6.45, 7) is 0. The number of carbonyl (C=O) groups is 1. The van der Waals surface area contributed by atoms with Gasteiger partial charge in [0.2, 0.25) is 5.91 Å². The van der Waals surface area contributed by atoms with E-state index < -0.39 is 4.92 Å². The van der Waals surface area contributed by atoms with Crippen molar-refractivity contribution >= 4 is 62.5 Å². The van der Waals surface area contributed by atoms with E-state index in [1.807, 2.05) is 18.2 Å². The third-order valence-corrected chi connectivity index (χ3v) is 6.68. The molecule has 4 aromatic rings. The van der Waals surface area contributed by atoms with Crippen molar-refractivity contribution in [2.75, 3.05) is 18.2 Å². The highest BCUT2D eigenvalue weighted by molar-refractivity contribution is 8.01. The van der Waals surface area contributed by atoms with Crippen LogP contribution in [-0.4, -0.2) is 34.9 Å². The topological polar surface area (TPSA) is 107 Å². The van der Waals surface area contributed by atoms with Gasteiger partial charge in [-0.25, -0.2) is 4.98 Å². The zero-order chi connectivity index (χ0) is 23.2. The van der Waals surface area contributed by atoms with E-state index in [0.717, 1.165) is 31.6 Å². The van der Waals surface area contributed by atoms with Crippen molar-refractivity contribution in [2.24, 2.45) is 4.99 Å². The summed E-state index contributed by atoms with van der Waals surface area (Å²) in [6, 6.07) is 19.0. The molecule has 3 aromatic carbocycles. The molecule has 0 fully saturated rings. The van der Waals surface area contributed by atoms with Gasteiger partial charge in [-0.05, 0) is 60.2 Å². The molecule has 1 N–H and O–H groups in total. The van der Waals surface area contributed by atoms with Gasteiger partial charge in [0.15, 0.2) is 4.34 Å². The van der Waals surface area contributed by atoms with Gasteiger partial charge in [0.05, 0.1) is 33.7 Å². The number of non-ortho nitro benzene ring substituents is 1. The molecule has 0 saturated carbocycles. The van der Waals surface area contributed by atoms with Gasteiger partial charge in [-0.1, -0.05) is 11.8 Å². The van der Waals surface area contributed by atoms with E-state index in [1.54, 1.807) is 49.7 Å². The number of aliphatic imine (C=N–C) groups is 1. The number of ether oxygens (including phenoxy) is 1. The van der Waals surface area contributed by atoms with Gasteiger partial charge in [0, 0.05) is 24.0 Å². The molecule has 0 atom stereocenters. The van der Waals surface area contributed by atoms with Crippen molar-refractivity contribution in [1.29, 1.82) is 0 Å². The number of fused-ring (bicyclic) bond motifs is 1. The Morgan fingerprint density at radius 1 is 1.18 bits per heavy atom. The highest BCUT2D eigenvalue weighted by Gasteiger charge is 2.09. The summed E-state index contributed by atoms with van der Waals surface area (Å²) in [4.78, 5) is 31.6. The fourth-order valence-corrected chi connectivity index (χ4v) is 4.77. The van der Waals surface area contributed by atoms with Crippen LogP contribution >= 0.6 is 23.1 Å². The molecule has 0 unspecified atom stereocenters. The van der Waals surface area contributed by atoms with Crippen LogP contribution < -0.4 is 10.1 Å². The zero-order valence-corrected chi connectivity index (χ0v) is 19.1. The molecule has 0 aliphatic carbocycles. The molecule has 4 rings (SSSR count). The molecule has 0 spiro atoms. The Hall–Kier alpha value is -3.76. The van der Waals surface area contributed by atoms with Gasteiger partial charge >= 0.3 is 0 Å². The maximum absolute atomic E-state index is 12.2. The fraction of sp³-hybridized carbons (Fsp3) is 0.0870. The number of anilines is 1. The summed E-state index contributed by atoms with van der Waals surface area (Å²) in [5, 5.41) is 13.6. The molecule has 10 heteroatoms. The third-order valence-electron chi connectivity index (χ3n) is 4.52. The van der Waals surface area contributed by atoms with Crippen molar-refractivity contribution in [3.05, 3.63) is 82.4 Å². The van der Waals surface area contributed by atoms with Gasteiger partial charge < -0.3 is 10.1 Å². The van der Waals surface area contributed by atoms with Crippen molar-refractivity contribution in [2.45, 2.75) is 4.34 Å². The molecule has 0 radical (unpaired) electrons. The molecular formula is C23H18N4O4S2. The number of hydrogen-bond acceptors (Lipinski definition) is 8. The summed E-state index contributed by atoms with van der Waals surface area (Å²) in [7, 11) is 1.59. The van der Waals surface area contributed by atoms with E-state index in [-0.39, 0.29) is 17.3 Å². The molecule has 1 heterocycles. The first-order valence-corrected chi connectivity index (χ1v) is 11.6. The van der Waals surface area contributed by atoms with E-state index in [0.29, 0.717) is 5.69 Å². The molecule has 1 amide bonds.